The Labute approximate surface area is 145 Å². The summed E-state index contributed by atoms with van der Waals surface area (Å²) in [5, 5.41) is 11.7. The van der Waals surface area contributed by atoms with E-state index in [1.165, 1.54) is 19.3 Å². The third kappa shape index (κ3) is 7.32. The van der Waals surface area contributed by atoms with E-state index in [1.54, 1.807) is 0 Å². The van der Waals surface area contributed by atoms with Gasteiger partial charge >= 0.3 is 0 Å². The highest BCUT2D eigenvalue weighted by atomic mass is 35.5. The van der Waals surface area contributed by atoms with Crippen LogP contribution < -0.4 is 0 Å². The molecule has 0 spiro atoms. The summed E-state index contributed by atoms with van der Waals surface area (Å²) in [5.74, 6) is 0.337. The second-order valence-electron chi connectivity index (χ2n) is 6.37. The number of nitrogens with zero attached hydrogens (tertiary/aromatic N) is 1. The summed E-state index contributed by atoms with van der Waals surface area (Å²) >= 11 is 12.0. The minimum Gasteiger partial charge on any atom is -0.393 e. The number of rotatable bonds is 10. The lowest BCUT2D eigenvalue weighted by atomic mass is 9.91. The SMILES string of the molecule is CCCCC[C@@H](CN(C)C)[C@@H](O)CCc1ccc(Cl)c(Cl)c1. The molecule has 0 fully saturated rings. The maximum Gasteiger partial charge on any atom is 0.0595 e. The fraction of sp³-hybridized carbons (Fsp3) is 0.667. The fourth-order valence-corrected chi connectivity index (χ4v) is 3.10. The minimum absolute atomic E-state index is 0.270. The fourth-order valence-electron chi connectivity index (χ4n) is 2.78. The smallest absolute Gasteiger partial charge is 0.0595 e. The van der Waals surface area contributed by atoms with Gasteiger partial charge in [0.25, 0.3) is 0 Å². The molecule has 0 saturated carbocycles. The zero-order chi connectivity index (χ0) is 16.5. The number of halogens is 2. The van der Waals surface area contributed by atoms with Crippen molar-refractivity contribution in [3.63, 3.8) is 0 Å². The van der Waals surface area contributed by atoms with Crippen molar-refractivity contribution < 1.29 is 5.11 Å². The van der Waals surface area contributed by atoms with Crippen LogP contribution in [0.2, 0.25) is 10.0 Å². The van der Waals surface area contributed by atoms with Crippen LogP contribution in [0.15, 0.2) is 18.2 Å². The molecular formula is C18H29Cl2NO. The third-order valence-corrected chi connectivity index (χ3v) is 4.77. The molecule has 126 valence electrons. The first kappa shape index (κ1) is 19.8. The summed E-state index contributed by atoms with van der Waals surface area (Å²) in [7, 11) is 4.14. The van der Waals surface area contributed by atoms with Gasteiger partial charge in [0.2, 0.25) is 0 Å². The Morgan fingerprint density at radius 3 is 2.41 bits per heavy atom. The van der Waals surface area contributed by atoms with Crippen LogP contribution in [0.4, 0.5) is 0 Å². The summed E-state index contributed by atoms with van der Waals surface area (Å²) < 4.78 is 0. The summed E-state index contributed by atoms with van der Waals surface area (Å²) in [6.07, 6.45) is 6.07. The lowest BCUT2D eigenvalue weighted by molar-refractivity contribution is 0.0765. The second-order valence-corrected chi connectivity index (χ2v) is 7.19. The van der Waals surface area contributed by atoms with Crippen molar-refractivity contribution in [2.24, 2.45) is 5.92 Å². The molecule has 1 N–H and O–H groups in total. The number of hydrogen-bond acceptors (Lipinski definition) is 2. The molecule has 1 rings (SSSR count). The van der Waals surface area contributed by atoms with E-state index in [4.69, 9.17) is 23.2 Å². The van der Waals surface area contributed by atoms with Crippen LogP contribution in [0.25, 0.3) is 0 Å². The summed E-state index contributed by atoms with van der Waals surface area (Å²) in [5.41, 5.74) is 1.13. The minimum atomic E-state index is -0.270. The normalized spacial score (nSPS) is 14.3. The van der Waals surface area contributed by atoms with Crippen LogP contribution in [-0.2, 0) is 6.42 Å². The molecule has 22 heavy (non-hydrogen) atoms. The monoisotopic (exact) mass is 345 g/mol. The van der Waals surface area contributed by atoms with Crippen molar-refractivity contribution >= 4 is 23.2 Å². The van der Waals surface area contributed by atoms with E-state index in [0.29, 0.717) is 16.0 Å². The highest BCUT2D eigenvalue weighted by Crippen LogP contribution is 2.24. The van der Waals surface area contributed by atoms with Gasteiger partial charge in [-0.1, -0.05) is 55.5 Å². The molecule has 0 aliphatic rings. The molecule has 0 amide bonds. The first-order chi connectivity index (χ1) is 10.4. The van der Waals surface area contributed by atoms with Crippen LogP contribution in [-0.4, -0.2) is 36.8 Å². The van der Waals surface area contributed by atoms with Gasteiger partial charge in [0.15, 0.2) is 0 Å². The van der Waals surface area contributed by atoms with Gasteiger partial charge in [-0.05, 0) is 57.0 Å². The zero-order valence-electron chi connectivity index (χ0n) is 14.0. The quantitative estimate of drug-likeness (QED) is 0.600. The van der Waals surface area contributed by atoms with Gasteiger partial charge in [0.05, 0.1) is 16.1 Å². The van der Waals surface area contributed by atoms with Crippen molar-refractivity contribution in [3.05, 3.63) is 33.8 Å². The lowest BCUT2D eigenvalue weighted by Crippen LogP contribution is -2.31. The largest absolute Gasteiger partial charge is 0.393 e. The number of aliphatic hydroxyl groups is 1. The van der Waals surface area contributed by atoms with Crippen LogP contribution in [0.3, 0.4) is 0 Å². The van der Waals surface area contributed by atoms with Crippen LogP contribution in [0.1, 0.15) is 44.6 Å². The van der Waals surface area contributed by atoms with Crippen molar-refractivity contribution in [3.8, 4) is 0 Å². The van der Waals surface area contributed by atoms with Gasteiger partial charge in [-0.3, -0.25) is 0 Å². The van der Waals surface area contributed by atoms with E-state index in [9.17, 15) is 5.11 Å². The summed E-state index contributed by atoms with van der Waals surface area (Å²) in [6, 6.07) is 5.71. The molecule has 0 bridgehead atoms. The van der Waals surface area contributed by atoms with E-state index in [1.807, 2.05) is 18.2 Å². The molecule has 0 heterocycles. The maximum absolute atomic E-state index is 10.6. The molecule has 1 aromatic rings. The Bertz CT molecular complexity index is 437. The van der Waals surface area contributed by atoms with Gasteiger partial charge in [0, 0.05) is 6.54 Å². The number of benzene rings is 1. The van der Waals surface area contributed by atoms with Crippen molar-refractivity contribution in [1.82, 2.24) is 4.90 Å². The Hall–Kier alpha value is -0.280. The number of unbranched alkanes of at least 4 members (excludes halogenated alkanes) is 2. The van der Waals surface area contributed by atoms with Crippen molar-refractivity contribution in [2.45, 2.75) is 51.6 Å². The van der Waals surface area contributed by atoms with Crippen LogP contribution in [0, 0.1) is 5.92 Å². The topological polar surface area (TPSA) is 23.5 Å². The van der Waals surface area contributed by atoms with E-state index in [-0.39, 0.29) is 6.10 Å². The summed E-state index contributed by atoms with van der Waals surface area (Å²) in [6.45, 7) is 3.15. The van der Waals surface area contributed by atoms with Crippen LogP contribution in [0.5, 0.6) is 0 Å². The Morgan fingerprint density at radius 1 is 1.09 bits per heavy atom. The number of aryl methyl sites for hydroxylation is 1. The molecule has 0 aliphatic carbocycles. The zero-order valence-corrected chi connectivity index (χ0v) is 15.5. The average Bonchev–Trinajstić information content (AvgIpc) is 2.47. The number of hydrogen-bond donors (Lipinski definition) is 1. The van der Waals surface area contributed by atoms with E-state index < -0.39 is 0 Å². The van der Waals surface area contributed by atoms with E-state index >= 15 is 0 Å². The highest BCUT2D eigenvalue weighted by Gasteiger charge is 2.19. The average molecular weight is 346 g/mol. The Morgan fingerprint density at radius 2 is 1.82 bits per heavy atom. The van der Waals surface area contributed by atoms with Crippen LogP contribution >= 0.6 is 23.2 Å². The second kappa shape index (κ2) is 10.5. The Balaban J connectivity index is 2.53. The van der Waals surface area contributed by atoms with Gasteiger partial charge in [-0.2, -0.15) is 0 Å². The lowest BCUT2D eigenvalue weighted by Gasteiger charge is -2.26. The molecule has 0 aliphatic heterocycles. The van der Waals surface area contributed by atoms with Gasteiger partial charge in [-0.15, -0.1) is 0 Å². The number of aliphatic hydroxyl groups excluding tert-OH is 1. The molecule has 2 nitrogen and oxygen atoms in total. The maximum atomic E-state index is 10.6. The molecule has 0 unspecified atom stereocenters. The van der Waals surface area contributed by atoms with Gasteiger partial charge in [-0.25, -0.2) is 0 Å². The van der Waals surface area contributed by atoms with Crippen molar-refractivity contribution in [1.29, 1.82) is 0 Å². The molecule has 0 aromatic heterocycles. The van der Waals surface area contributed by atoms with Gasteiger partial charge < -0.3 is 10.0 Å². The molecule has 0 radical (unpaired) electrons. The molecule has 4 heteroatoms. The standard InChI is InChI=1S/C18H29Cl2NO/c1-4-5-6-7-15(13-21(2)3)18(22)11-9-14-8-10-16(19)17(20)12-14/h8,10,12,15,18,22H,4-7,9,11,13H2,1-3H3/t15-,18-/m0/s1. The molecule has 1 aromatic carbocycles. The predicted octanol–water partition coefficient (Wildman–Crippen LogP) is 5.05. The van der Waals surface area contributed by atoms with E-state index in [0.717, 1.165) is 31.4 Å². The van der Waals surface area contributed by atoms with Crippen molar-refractivity contribution in [2.75, 3.05) is 20.6 Å². The summed E-state index contributed by atoms with van der Waals surface area (Å²) in [4.78, 5) is 2.17. The molecule has 2 atom stereocenters. The molecular weight excluding hydrogens is 317 g/mol. The third-order valence-electron chi connectivity index (χ3n) is 4.04. The highest BCUT2D eigenvalue weighted by molar-refractivity contribution is 6.42. The first-order valence-electron chi connectivity index (χ1n) is 8.20. The van der Waals surface area contributed by atoms with E-state index in [2.05, 4.69) is 25.9 Å². The Kier molecular flexibility index (Phi) is 9.42. The molecule has 0 saturated heterocycles. The first-order valence-corrected chi connectivity index (χ1v) is 8.96. The predicted molar refractivity (Wildman–Crippen MR) is 97.0 cm³/mol. The van der Waals surface area contributed by atoms with Gasteiger partial charge in [0.1, 0.15) is 0 Å².